The average Bonchev–Trinajstić information content (AvgIpc) is 3.21. The first-order valence-corrected chi connectivity index (χ1v) is 9.91. The molecule has 1 fully saturated rings. The third kappa shape index (κ3) is 4.14. The van der Waals surface area contributed by atoms with E-state index in [0.717, 1.165) is 0 Å². The van der Waals surface area contributed by atoms with Gasteiger partial charge in [0.1, 0.15) is 11.9 Å². The molecule has 11 heteroatoms. The van der Waals surface area contributed by atoms with Crippen LogP contribution in [0.3, 0.4) is 0 Å². The first kappa shape index (κ1) is 22.1. The van der Waals surface area contributed by atoms with E-state index in [-0.39, 0.29) is 17.9 Å². The van der Waals surface area contributed by atoms with Crippen molar-refractivity contribution in [1.29, 1.82) is 0 Å². The number of oxime groups is 1. The molecule has 2 N–H and O–H groups in total. The zero-order chi connectivity index (χ0) is 23.2. The van der Waals surface area contributed by atoms with Crippen molar-refractivity contribution < 1.29 is 32.0 Å². The van der Waals surface area contributed by atoms with E-state index in [9.17, 15) is 27.2 Å². The minimum absolute atomic E-state index is 0.0157. The zero-order valence-electron chi connectivity index (χ0n) is 16.5. The summed E-state index contributed by atoms with van der Waals surface area (Å²) in [6.45, 7) is 2.06. The number of aryl methyl sites for hydroxylation is 1. The topological polar surface area (TPSA) is 79.8 Å². The molecule has 2 aromatic rings. The van der Waals surface area contributed by atoms with Gasteiger partial charge in [-0.15, -0.1) is 0 Å². The highest BCUT2D eigenvalue weighted by atomic mass is 35.5. The van der Waals surface area contributed by atoms with Crippen molar-refractivity contribution in [3.05, 3.63) is 69.0 Å². The lowest BCUT2D eigenvalue weighted by Gasteiger charge is -2.26. The average molecular weight is 470 g/mol. The fraction of sp³-hybridized carbons (Fsp3) is 0.286. The van der Waals surface area contributed by atoms with Crippen molar-refractivity contribution in [3.63, 3.8) is 0 Å². The number of alkyl halides is 3. The smallest absolute Gasteiger partial charge is 0.387 e. The quantitative estimate of drug-likeness (QED) is 0.526. The van der Waals surface area contributed by atoms with Gasteiger partial charge in [0.25, 0.3) is 5.91 Å². The van der Waals surface area contributed by atoms with E-state index < -0.39 is 40.6 Å². The highest BCUT2D eigenvalue weighted by molar-refractivity contribution is 6.30. The molecule has 1 unspecified atom stereocenters. The number of halogens is 5. The Morgan fingerprint density at radius 1 is 1.28 bits per heavy atom. The summed E-state index contributed by atoms with van der Waals surface area (Å²) in [4.78, 5) is 28.9. The molecule has 0 aromatic heterocycles. The van der Waals surface area contributed by atoms with Crippen molar-refractivity contribution in [2.45, 2.75) is 31.7 Å². The molecule has 2 atom stereocenters. The Morgan fingerprint density at radius 2 is 2.03 bits per heavy atom. The van der Waals surface area contributed by atoms with E-state index in [1.807, 2.05) is 0 Å². The summed E-state index contributed by atoms with van der Waals surface area (Å²) in [5, 5.41) is 8.39. The molecular formula is C21H16ClF4N3O3. The van der Waals surface area contributed by atoms with Crippen LogP contribution in [-0.2, 0) is 15.8 Å². The van der Waals surface area contributed by atoms with E-state index in [2.05, 4.69) is 15.8 Å². The van der Waals surface area contributed by atoms with E-state index >= 15 is 0 Å². The first-order valence-electron chi connectivity index (χ1n) is 9.53. The number of hydrogen-bond acceptors (Lipinski definition) is 4. The van der Waals surface area contributed by atoms with Crippen molar-refractivity contribution >= 4 is 29.1 Å². The largest absolute Gasteiger partial charge is 0.416 e. The van der Waals surface area contributed by atoms with Crippen LogP contribution in [0.1, 0.15) is 45.1 Å². The maximum Gasteiger partial charge on any atom is 0.416 e. The number of carbonyl (C=O) groups is 2. The molecule has 0 saturated carbocycles. The Morgan fingerprint density at radius 3 is 2.62 bits per heavy atom. The third-order valence-electron chi connectivity index (χ3n) is 5.31. The molecular weight excluding hydrogens is 454 g/mol. The van der Waals surface area contributed by atoms with Gasteiger partial charge in [-0.2, -0.15) is 13.2 Å². The molecule has 2 heterocycles. The van der Waals surface area contributed by atoms with Gasteiger partial charge in [-0.3, -0.25) is 9.59 Å². The number of nitrogens with one attached hydrogen (secondary N) is 2. The lowest BCUT2D eigenvalue weighted by Crippen LogP contribution is -2.61. The molecule has 1 saturated heterocycles. The highest BCUT2D eigenvalue weighted by Crippen LogP contribution is 2.38. The molecule has 0 bridgehead atoms. The van der Waals surface area contributed by atoms with Gasteiger partial charge in [-0.05, 0) is 42.3 Å². The number of rotatable bonds is 4. The van der Waals surface area contributed by atoms with Crippen LogP contribution in [0.4, 0.5) is 17.6 Å². The zero-order valence-corrected chi connectivity index (χ0v) is 17.3. The Labute approximate surface area is 184 Å². The summed E-state index contributed by atoms with van der Waals surface area (Å²) >= 11 is 5.65. The van der Waals surface area contributed by atoms with Crippen molar-refractivity contribution in [3.8, 4) is 0 Å². The number of amides is 2. The van der Waals surface area contributed by atoms with Gasteiger partial charge in [0.15, 0.2) is 6.10 Å². The minimum Gasteiger partial charge on any atom is -0.387 e. The van der Waals surface area contributed by atoms with E-state index in [1.165, 1.54) is 0 Å². The molecule has 2 aliphatic rings. The molecule has 6 nitrogen and oxygen atoms in total. The summed E-state index contributed by atoms with van der Waals surface area (Å²) in [5.41, 5.74) is 0.495. The normalized spacial score (nSPS) is 20.2. The number of carbonyl (C=O) groups excluding carboxylic acids is 2. The summed E-state index contributed by atoms with van der Waals surface area (Å²) < 4.78 is 53.7. The summed E-state index contributed by atoms with van der Waals surface area (Å²) in [6.07, 6.45) is -5.76. The van der Waals surface area contributed by atoms with Crippen LogP contribution in [0.25, 0.3) is 0 Å². The van der Waals surface area contributed by atoms with Crippen molar-refractivity contribution in [1.82, 2.24) is 10.6 Å². The molecule has 32 heavy (non-hydrogen) atoms. The highest BCUT2D eigenvalue weighted by Gasteiger charge is 2.35. The second-order valence-corrected chi connectivity index (χ2v) is 7.90. The van der Waals surface area contributed by atoms with Gasteiger partial charge in [0.05, 0.1) is 16.3 Å². The number of benzene rings is 2. The van der Waals surface area contributed by atoms with Crippen LogP contribution >= 0.6 is 11.6 Å². The second-order valence-electron chi connectivity index (χ2n) is 7.50. The van der Waals surface area contributed by atoms with Crippen molar-refractivity contribution in [2.24, 2.45) is 5.16 Å². The standard InChI is InChI=1S/C21H16ClF4N3O3/c1-9-4-10(2-3-12(9)19(30)28-16-8-27-20(16)31)15-7-17(32-29-15)13-5-11(21(24,25)26)6-14(22)18(13)23/h2-6,16-17H,7-8H2,1H3,(H,27,31)(H,28,30)/t16-,17?/m1/s1. The SMILES string of the molecule is Cc1cc(C2=NOC(c3cc(C(F)(F)F)cc(Cl)c3F)C2)ccc1C(=O)N[C@@H]1CNC1=O. The number of β-lactam (4-membered cyclic amide) rings is 1. The fourth-order valence-corrected chi connectivity index (χ4v) is 3.69. The molecule has 0 spiro atoms. The molecule has 168 valence electrons. The summed E-state index contributed by atoms with van der Waals surface area (Å²) in [5.74, 6) is -1.65. The van der Waals surface area contributed by atoms with Gasteiger partial charge in [0, 0.05) is 24.1 Å². The van der Waals surface area contributed by atoms with Gasteiger partial charge in [-0.25, -0.2) is 4.39 Å². The van der Waals surface area contributed by atoms with Crippen LogP contribution in [0, 0.1) is 12.7 Å². The van der Waals surface area contributed by atoms with Gasteiger partial charge >= 0.3 is 6.18 Å². The minimum atomic E-state index is -4.69. The molecule has 0 aliphatic carbocycles. The number of hydrogen-bond donors (Lipinski definition) is 2. The summed E-state index contributed by atoms with van der Waals surface area (Å²) in [6, 6.07) is 5.44. The van der Waals surface area contributed by atoms with Gasteiger partial charge < -0.3 is 15.5 Å². The van der Waals surface area contributed by atoms with E-state index in [4.69, 9.17) is 16.4 Å². The van der Waals surface area contributed by atoms with Crippen molar-refractivity contribution in [2.75, 3.05) is 6.54 Å². The van der Waals surface area contributed by atoms with Crippen LogP contribution in [-0.4, -0.2) is 30.1 Å². The Balaban J connectivity index is 1.51. The Hall–Kier alpha value is -3.14. The molecule has 2 amide bonds. The maximum absolute atomic E-state index is 14.4. The predicted molar refractivity (Wildman–Crippen MR) is 107 cm³/mol. The summed E-state index contributed by atoms with van der Waals surface area (Å²) in [7, 11) is 0. The lowest BCUT2D eigenvalue weighted by molar-refractivity contribution is -0.137. The van der Waals surface area contributed by atoms with Crippen LogP contribution in [0.5, 0.6) is 0 Å². The van der Waals surface area contributed by atoms with E-state index in [1.54, 1.807) is 25.1 Å². The first-order chi connectivity index (χ1) is 15.0. The molecule has 2 aliphatic heterocycles. The lowest BCUT2D eigenvalue weighted by atomic mass is 9.96. The maximum atomic E-state index is 14.4. The Bertz CT molecular complexity index is 1150. The van der Waals surface area contributed by atoms with Crippen LogP contribution < -0.4 is 10.6 Å². The Kier molecular flexibility index (Phi) is 5.58. The van der Waals surface area contributed by atoms with Gasteiger partial charge in [0.2, 0.25) is 5.91 Å². The number of nitrogens with zero attached hydrogens (tertiary/aromatic N) is 1. The predicted octanol–water partition coefficient (Wildman–Crippen LogP) is 3.90. The van der Waals surface area contributed by atoms with Crippen LogP contribution in [0.15, 0.2) is 35.5 Å². The van der Waals surface area contributed by atoms with E-state index in [0.29, 0.717) is 41.1 Å². The van der Waals surface area contributed by atoms with Gasteiger partial charge in [-0.1, -0.05) is 22.8 Å². The fourth-order valence-electron chi connectivity index (χ4n) is 3.46. The molecule has 4 rings (SSSR count). The second kappa shape index (κ2) is 8.09. The third-order valence-corrected chi connectivity index (χ3v) is 5.58. The monoisotopic (exact) mass is 469 g/mol. The van der Waals surface area contributed by atoms with Crippen LogP contribution in [0.2, 0.25) is 5.02 Å². The molecule has 0 radical (unpaired) electrons. The molecule has 2 aromatic carbocycles.